The molecule has 0 bridgehead atoms. The Morgan fingerprint density at radius 2 is 2.05 bits per heavy atom. The molecule has 1 N–H and O–H groups in total. The van der Waals surface area contributed by atoms with Crippen LogP contribution >= 0.6 is 12.4 Å². The third-order valence-electron chi connectivity index (χ3n) is 4.25. The Labute approximate surface area is 126 Å². The summed E-state index contributed by atoms with van der Waals surface area (Å²) in [6.07, 6.45) is 0.983. The van der Waals surface area contributed by atoms with Crippen molar-refractivity contribution in [3.8, 4) is 0 Å². The van der Waals surface area contributed by atoms with Gasteiger partial charge in [-0.15, -0.1) is 12.4 Å². The number of fused-ring (bicyclic) bond motifs is 1. The molecule has 0 aromatic heterocycles. The molecule has 1 aromatic rings. The van der Waals surface area contributed by atoms with Crippen molar-refractivity contribution < 1.29 is 4.79 Å². The molecule has 0 aliphatic carbocycles. The zero-order valence-electron chi connectivity index (χ0n) is 11.8. The van der Waals surface area contributed by atoms with Crippen LogP contribution in [0.15, 0.2) is 24.3 Å². The van der Waals surface area contributed by atoms with Crippen molar-refractivity contribution in [3.63, 3.8) is 0 Å². The van der Waals surface area contributed by atoms with Gasteiger partial charge in [0, 0.05) is 32.2 Å². The minimum absolute atomic E-state index is 0. The van der Waals surface area contributed by atoms with Crippen LogP contribution in [0.1, 0.15) is 11.1 Å². The Kier molecular flexibility index (Phi) is 5.02. The molecule has 1 fully saturated rings. The van der Waals surface area contributed by atoms with Crippen LogP contribution in [0.4, 0.5) is 0 Å². The van der Waals surface area contributed by atoms with Gasteiger partial charge in [0.15, 0.2) is 0 Å². The number of carbonyl (C=O) groups is 1. The van der Waals surface area contributed by atoms with E-state index in [9.17, 15) is 4.79 Å². The van der Waals surface area contributed by atoms with E-state index in [-0.39, 0.29) is 18.3 Å². The fourth-order valence-electron chi connectivity index (χ4n) is 2.74. The van der Waals surface area contributed by atoms with Crippen molar-refractivity contribution in [3.05, 3.63) is 35.4 Å². The smallest absolute Gasteiger partial charge is 0.237 e. The number of hydrogen-bond donors (Lipinski definition) is 1. The van der Waals surface area contributed by atoms with Gasteiger partial charge in [-0.25, -0.2) is 0 Å². The fraction of sp³-hybridized carbons (Fsp3) is 0.533. The zero-order valence-corrected chi connectivity index (χ0v) is 12.7. The van der Waals surface area contributed by atoms with E-state index >= 15 is 0 Å². The maximum absolute atomic E-state index is 12.3. The Morgan fingerprint density at radius 3 is 2.70 bits per heavy atom. The van der Waals surface area contributed by atoms with Crippen molar-refractivity contribution in [1.29, 1.82) is 0 Å². The second-order valence-corrected chi connectivity index (χ2v) is 5.56. The van der Waals surface area contributed by atoms with Gasteiger partial charge in [-0.1, -0.05) is 24.3 Å². The Balaban J connectivity index is 0.00000147. The van der Waals surface area contributed by atoms with Gasteiger partial charge < -0.3 is 10.2 Å². The van der Waals surface area contributed by atoms with Crippen molar-refractivity contribution in [2.24, 2.45) is 0 Å². The molecule has 0 spiro atoms. The first kappa shape index (κ1) is 15.3. The number of nitrogens with zero attached hydrogens (tertiary/aromatic N) is 2. The van der Waals surface area contributed by atoms with E-state index in [2.05, 4.69) is 34.5 Å². The summed E-state index contributed by atoms with van der Waals surface area (Å²) in [7, 11) is 2.04. The van der Waals surface area contributed by atoms with Gasteiger partial charge in [-0.05, 0) is 24.6 Å². The Morgan fingerprint density at radius 1 is 1.35 bits per heavy atom. The Bertz CT molecular complexity index is 476. The van der Waals surface area contributed by atoms with Gasteiger partial charge in [-0.2, -0.15) is 0 Å². The predicted octanol–water partition coefficient (Wildman–Crippen LogP) is 0.897. The first-order valence-corrected chi connectivity index (χ1v) is 6.99. The third-order valence-corrected chi connectivity index (χ3v) is 4.25. The van der Waals surface area contributed by atoms with E-state index in [1.807, 2.05) is 11.9 Å². The highest BCUT2D eigenvalue weighted by Gasteiger charge is 2.26. The molecule has 2 aliphatic heterocycles. The van der Waals surface area contributed by atoms with Gasteiger partial charge in [0.2, 0.25) is 5.91 Å². The van der Waals surface area contributed by atoms with Crippen LogP contribution in [0.5, 0.6) is 0 Å². The summed E-state index contributed by atoms with van der Waals surface area (Å²) in [5.74, 6) is 0.254. The van der Waals surface area contributed by atoms with Crippen LogP contribution in [0, 0.1) is 0 Å². The lowest BCUT2D eigenvalue weighted by Crippen LogP contribution is -2.57. The number of rotatable bonds is 3. The molecule has 1 saturated heterocycles. The highest BCUT2D eigenvalue weighted by atomic mass is 35.5. The molecule has 1 aromatic carbocycles. The normalized spacial score (nSPS) is 18.2. The number of likely N-dealkylation sites (N-methyl/N-ethyl adjacent to an activating group) is 1. The van der Waals surface area contributed by atoms with E-state index in [0.29, 0.717) is 12.6 Å². The molecule has 0 atom stereocenters. The summed E-state index contributed by atoms with van der Waals surface area (Å²) in [5, 5.41) is 3.24. The first-order valence-electron chi connectivity index (χ1n) is 6.99. The van der Waals surface area contributed by atoms with Crippen LogP contribution in [0.2, 0.25) is 0 Å². The van der Waals surface area contributed by atoms with Crippen molar-refractivity contribution >= 4 is 18.3 Å². The van der Waals surface area contributed by atoms with Gasteiger partial charge >= 0.3 is 0 Å². The van der Waals surface area contributed by atoms with Crippen LogP contribution in [-0.2, 0) is 17.8 Å². The minimum Gasteiger partial charge on any atom is -0.337 e. The highest BCUT2D eigenvalue weighted by molar-refractivity contribution is 5.85. The van der Waals surface area contributed by atoms with Gasteiger partial charge in [-0.3, -0.25) is 9.69 Å². The monoisotopic (exact) mass is 295 g/mol. The fourth-order valence-corrected chi connectivity index (χ4v) is 2.74. The molecule has 3 rings (SSSR count). The highest BCUT2D eigenvalue weighted by Crippen LogP contribution is 2.18. The van der Waals surface area contributed by atoms with Crippen molar-refractivity contribution in [2.45, 2.75) is 19.0 Å². The maximum Gasteiger partial charge on any atom is 0.237 e. The lowest BCUT2D eigenvalue weighted by Gasteiger charge is -2.37. The van der Waals surface area contributed by atoms with Gasteiger partial charge in [0.25, 0.3) is 0 Å². The molecular formula is C15H22ClN3O. The molecule has 110 valence electrons. The predicted molar refractivity (Wildman–Crippen MR) is 82.1 cm³/mol. The number of benzene rings is 1. The number of carbonyl (C=O) groups excluding carboxylic acids is 1. The maximum atomic E-state index is 12.3. The molecule has 1 amide bonds. The summed E-state index contributed by atoms with van der Waals surface area (Å²) < 4.78 is 0. The molecule has 2 heterocycles. The zero-order chi connectivity index (χ0) is 13.2. The summed E-state index contributed by atoms with van der Waals surface area (Å²) in [5.41, 5.74) is 2.69. The van der Waals surface area contributed by atoms with Crippen LogP contribution in [-0.4, -0.2) is 55.0 Å². The van der Waals surface area contributed by atoms with Gasteiger partial charge in [0.1, 0.15) is 0 Å². The van der Waals surface area contributed by atoms with Crippen LogP contribution in [0.25, 0.3) is 0 Å². The first-order chi connectivity index (χ1) is 9.24. The second kappa shape index (κ2) is 6.57. The van der Waals surface area contributed by atoms with E-state index in [4.69, 9.17) is 0 Å². The molecule has 0 radical (unpaired) electrons. The topological polar surface area (TPSA) is 35.6 Å². The lowest BCUT2D eigenvalue weighted by atomic mass is 10.00. The average molecular weight is 296 g/mol. The largest absolute Gasteiger partial charge is 0.337 e. The molecular weight excluding hydrogens is 274 g/mol. The standard InChI is InChI=1S/C15H21N3O.ClH/c1-17(14-8-16-9-14)11-15(19)18-7-6-12-4-2-3-5-13(12)10-18;/h2-5,14,16H,6-11H2,1H3;1H. The molecule has 20 heavy (non-hydrogen) atoms. The van der Waals surface area contributed by atoms with Crippen molar-refractivity contribution in [2.75, 3.05) is 33.2 Å². The molecule has 4 nitrogen and oxygen atoms in total. The van der Waals surface area contributed by atoms with Crippen molar-refractivity contribution in [1.82, 2.24) is 15.1 Å². The quantitative estimate of drug-likeness (QED) is 0.900. The SMILES string of the molecule is CN(CC(=O)N1CCc2ccccc2C1)C1CNC1.Cl. The third kappa shape index (κ3) is 3.14. The summed E-state index contributed by atoms with van der Waals surface area (Å²) in [6, 6.07) is 8.96. The minimum atomic E-state index is 0. The molecule has 0 unspecified atom stereocenters. The van der Waals surface area contributed by atoms with E-state index in [1.165, 1.54) is 11.1 Å². The number of hydrogen-bond acceptors (Lipinski definition) is 3. The number of nitrogens with one attached hydrogen (secondary N) is 1. The van der Waals surface area contributed by atoms with E-state index < -0.39 is 0 Å². The summed E-state index contributed by atoms with van der Waals surface area (Å²) >= 11 is 0. The number of amides is 1. The summed E-state index contributed by atoms with van der Waals surface area (Å²) in [6.45, 7) is 4.17. The molecule has 5 heteroatoms. The lowest BCUT2D eigenvalue weighted by molar-refractivity contribution is -0.133. The van der Waals surface area contributed by atoms with E-state index in [0.717, 1.165) is 32.6 Å². The van der Waals surface area contributed by atoms with Gasteiger partial charge in [0.05, 0.1) is 6.54 Å². The second-order valence-electron chi connectivity index (χ2n) is 5.56. The Hall–Kier alpha value is -1.10. The van der Waals surface area contributed by atoms with Crippen LogP contribution < -0.4 is 5.32 Å². The van der Waals surface area contributed by atoms with Crippen LogP contribution in [0.3, 0.4) is 0 Å². The molecule has 2 aliphatic rings. The van der Waals surface area contributed by atoms with E-state index in [1.54, 1.807) is 0 Å². The molecule has 0 saturated carbocycles. The average Bonchev–Trinajstić information content (AvgIpc) is 2.36. The number of halogens is 1. The summed E-state index contributed by atoms with van der Waals surface area (Å²) in [4.78, 5) is 16.5.